The maximum Gasteiger partial charge on any atom is 0.139 e. The van der Waals surface area contributed by atoms with Crippen LogP contribution in [0.3, 0.4) is 0 Å². The lowest BCUT2D eigenvalue weighted by molar-refractivity contribution is -0.129. The molecule has 0 aliphatic heterocycles. The van der Waals surface area contributed by atoms with Gasteiger partial charge in [0, 0.05) is 11.8 Å². The molecule has 2 saturated carbocycles. The third kappa shape index (κ3) is 1.43. The Kier molecular flexibility index (Phi) is 2.21. The van der Waals surface area contributed by atoms with Crippen molar-refractivity contribution in [2.75, 3.05) is 0 Å². The van der Waals surface area contributed by atoms with Gasteiger partial charge < -0.3 is 0 Å². The van der Waals surface area contributed by atoms with Crippen molar-refractivity contribution in [1.29, 1.82) is 0 Å². The number of fused-ring (bicyclic) bond motifs is 1. The molecule has 2 rings (SSSR count). The zero-order chi connectivity index (χ0) is 9.47. The molecule has 1 heteroatoms. The van der Waals surface area contributed by atoms with Crippen LogP contribution in [-0.4, -0.2) is 5.78 Å². The Labute approximate surface area is 80.9 Å². The molecule has 1 nitrogen and oxygen atoms in total. The number of hydrogen-bond acceptors (Lipinski definition) is 1. The number of carbonyl (C=O) groups is 1. The number of ketones is 1. The molecular weight excluding hydrogens is 160 g/mol. The van der Waals surface area contributed by atoms with Crippen LogP contribution in [0.1, 0.15) is 52.4 Å². The van der Waals surface area contributed by atoms with Gasteiger partial charge in [-0.2, -0.15) is 0 Å². The smallest absolute Gasteiger partial charge is 0.139 e. The fourth-order valence-electron chi connectivity index (χ4n) is 3.46. The van der Waals surface area contributed by atoms with Crippen molar-refractivity contribution in [1.82, 2.24) is 0 Å². The van der Waals surface area contributed by atoms with Crippen molar-refractivity contribution in [3.63, 3.8) is 0 Å². The van der Waals surface area contributed by atoms with Crippen LogP contribution in [0.15, 0.2) is 0 Å². The Bertz CT molecular complexity index is 221. The minimum atomic E-state index is 0.0654. The molecule has 0 spiro atoms. The quantitative estimate of drug-likeness (QED) is 0.559. The molecule has 2 fully saturated rings. The third-order valence-electron chi connectivity index (χ3n) is 4.20. The Hall–Kier alpha value is -0.330. The van der Waals surface area contributed by atoms with Crippen molar-refractivity contribution >= 4 is 5.78 Å². The van der Waals surface area contributed by atoms with Gasteiger partial charge in [0.2, 0.25) is 0 Å². The summed E-state index contributed by atoms with van der Waals surface area (Å²) in [6.45, 7) is 4.52. The predicted octanol–water partition coefficient (Wildman–Crippen LogP) is 3.18. The number of hydrogen-bond donors (Lipinski definition) is 0. The van der Waals surface area contributed by atoms with Crippen LogP contribution >= 0.6 is 0 Å². The summed E-state index contributed by atoms with van der Waals surface area (Å²) >= 11 is 0. The van der Waals surface area contributed by atoms with Crippen LogP contribution in [0.25, 0.3) is 0 Å². The van der Waals surface area contributed by atoms with E-state index in [0.29, 0.717) is 11.7 Å². The standard InChI is InChI=1S/C12H20O/c1-9-7-10-5-3-4-6-11(13)12(10,2)8-9/h9-10H,3-8H2,1-2H3/t9-,10+,12-/m0/s1. The first-order valence-electron chi connectivity index (χ1n) is 5.66. The highest BCUT2D eigenvalue weighted by Crippen LogP contribution is 2.51. The van der Waals surface area contributed by atoms with E-state index < -0.39 is 0 Å². The van der Waals surface area contributed by atoms with E-state index in [9.17, 15) is 4.79 Å². The molecule has 0 bridgehead atoms. The molecule has 0 aromatic rings. The van der Waals surface area contributed by atoms with Gasteiger partial charge in [-0.05, 0) is 37.5 Å². The fraction of sp³-hybridized carbons (Fsp3) is 0.917. The van der Waals surface area contributed by atoms with Crippen LogP contribution in [0.4, 0.5) is 0 Å². The van der Waals surface area contributed by atoms with E-state index in [-0.39, 0.29) is 5.41 Å². The van der Waals surface area contributed by atoms with E-state index in [1.54, 1.807) is 0 Å². The maximum absolute atomic E-state index is 12.0. The summed E-state index contributed by atoms with van der Waals surface area (Å²) in [5, 5.41) is 0. The molecule has 0 saturated heterocycles. The average molecular weight is 180 g/mol. The fourth-order valence-corrected chi connectivity index (χ4v) is 3.46. The minimum Gasteiger partial charge on any atom is -0.299 e. The average Bonchev–Trinajstić information content (AvgIpc) is 2.29. The zero-order valence-electron chi connectivity index (χ0n) is 8.81. The van der Waals surface area contributed by atoms with Crippen molar-refractivity contribution in [2.45, 2.75) is 52.4 Å². The summed E-state index contributed by atoms with van der Waals surface area (Å²) in [5.41, 5.74) is 0.0654. The molecule has 0 amide bonds. The molecule has 13 heavy (non-hydrogen) atoms. The van der Waals surface area contributed by atoms with Gasteiger partial charge in [0.1, 0.15) is 5.78 Å². The van der Waals surface area contributed by atoms with E-state index in [2.05, 4.69) is 13.8 Å². The van der Waals surface area contributed by atoms with E-state index >= 15 is 0 Å². The van der Waals surface area contributed by atoms with E-state index in [0.717, 1.165) is 25.2 Å². The van der Waals surface area contributed by atoms with Crippen molar-refractivity contribution < 1.29 is 4.79 Å². The predicted molar refractivity (Wildman–Crippen MR) is 53.5 cm³/mol. The summed E-state index contributed by atoms with van der Waals surface area (Å²) in [5.74, 6) is 2.04. The molecule has 74 valence electrons. The number of rotatable bonds is 0. The van der Waals surface area contributed by atoms with Gasteiger partial charge in [-0.1, -0.05) is 20.3 Å². The third-order valence-corrected chi connectivity index (χ3v) is 4.20. The lowest BCUT2D eigenvalue weighted by Gasteiger charge is -2.27. The molecule has 0 heterocycles. The van der Waals surface area contributed by atoms with E-state index in [1.807, 2.05) is 0 Å². The molecular formula is C12H20O. The first-order chi connectivity index (χ1) is 6.13. The highest BCUT2D eigenvalue weighted by Gasteiger charge is 2.47. The number of carbonyl (C=O) groups excluding carboxylic acids is 1. The second-order valence-corrected chi connectivity index (χ2v) is 5.33. The molecule has 0 N–H and O–H groups in total. The van der Waals surface area contributed by atoms with Gasteiger partial charge in [-0.3, -0.25) is 4.79 Å². The monoisotopic (exact) mass is 180 g/mol. The van der Waals surface area contributed by atoms with Crippen LogP contribution in [0.5, 0.6) is 0 Å². The van der Waals surface area contributed by atoms with Gasteiger partial charge in [-0.15, -0.1) is 0 Å². The van der Waals surface area contributed by atoms with E-state index in [4.69, 9.17) is 0 Å². The van der Waals surface area contributed by atoms with Crippen molar-refractivity contribution in [3.8, 4) is 0 Å². The molecule has 3 atom stereocenters. The van der Waals surface area contributed by atoms with Crippen LogP contribution in [0, 0.1) is 17.3 Å². The topological polar surface area (TPSA) is 17.1 Å². The maximum atomic E-state index is 12.0. The lowest BCUT2D eigenvalue weighted by Crippen LogP contribution is -2.30. The molecule has 2 aliphatic carbocycles. The minimum absolute atomic E-state index is 0.0654. The molecule has 0 radical (unpaired) electrons. The lowest BCUT2D eigenvalue weighted by atomic mass is 9.75. The SMILES string of the molecule is C[C@H]1C[C@H]2CCCCC(=O)[C@@]2(C)C1. The van der Waals surface area contributed by atoms with Gasteiger partial charge >= 0.3 is 0 Å². The Morgan fingerprint density at radius 2 is 2.15 bits per heavy atom. The highest BCUT2D eigenvalue weighted by molar-refractivity contribution is 5.85. The van der Waals surface area contributed by atoms with Gasteiger partial charge in [0.25, 0.3) is 0 Å². The highest BCUT2D eigenvalue weighted by atomic mass is 16.1. The van der Waals surface area contributed by atoms with Crippen LogP contribution in [0.2, 0.25) is 0 Å². The molecule has 2 aliphatic rings. The van der Waals surface area contributed by atoms with Crippen molar-refractivity contribution in [3.05, 3.63) is 0 Å². The van der Waals surface area contributed by atoms with Gasteiger partial charge in [-0.25, -0.2) is 0 Å². The van der Waals surface area contributed by atoms with Crippen LogP contribution < -0.4 is 0 Å². The second-order valence-electron chi connectivity index (χ2n) is 5.33. The number of Topliss-reactive ketones (excluding diaryl/α,β-unsaturated/α-hetero) is 1. The zero-order valence-corrected chi connectivity index (χ0v) is 8.81. The van der Waals surface area contributed by atoms with Crippen LogP contribution in [-0.2, 0) is 4.79 Å². The van der Waals surface area contributed by atoms with Gasteiger partial charge in [0.15, 0.2) is 0 Å². The Morgan fingerprint density at radius 1 is 1.38 bits per heavy atom. The Morgan fingerprint density at radius 3 is 2.92 bits per heavy atom. The second kappa shape index (κ2) is 3.11. The summed E-state index contributed by atoms with van der Waals surface area (Å²) in [7, 11) is 0. The summed E-state index contributed by atoms with van der Waals surface area (Å²) < 4.78 is 0. The first-order valence-corrected chi connectivity index (χ1v) is 5.66. The largest absolute Gasteiger partial charge is 0.299 e. The molecule has 0 aromatic heterocycles. The summed E-state index contributed by atoms with van der Waals surface area (Å²) in [4.78, 5) is 12.0. The van der Waals surface area contributed by atoms with E-state index in [1.165, 1.54) is 19.3 Å². The summed E-state index contributed by atoms with van der Waals surface area (Å²) in [6, 6.07) is 0. The molecule has 0 unspecified atom stereocenters. The van der Waals surface area contributed by atoms with Gasteiger partial charge in [0.05, 0.1) is 0 Å². The first kappa shape index (κ1) is 9.23. The summed E-state index contributed by atoms with van der Waals surface area (Å²) in [6.07, 6.45) is 7.00. The molecule has 0 aromatic carbocycles. The normalized spacial score (nSPS) is 45.8. The Balaban J connectivity index is 2.23. The van der Waals surface area contributed by atoms with Crippen molar-refractivity contribution in [2.24, 2.45) is 17.3 Å².